The van der Waals surface area contributed by atoms with Crippen molar-refractivity contribution in [1.82, 2.24) is 15.1 Å². The number of aryl methyl sites for hydroxylation is 1. The minimum Gasteiger partial charge on any atom is -0.345 e. The van der Waals surface area contributed by atoms with E-state index in [2.05, 4.69) is 10.4 Å². The third kappa shape index (κ3) is 2.42. The first-order valence-electron chi connectivity index (χ1n) is 8.52. The molecule has 1 aromatic rings. The zero-order valence-electron chi connectivity index (χ0n) is 13.3. The van der Waals surface area contributed by atoms with Crippen LogP contribution in [0.2, 0.25) is 0 Å². The predicted molar refractivity (Wildman–Crippen MR) is 82.9 cm³/mol. The van der Waals surface area contributed by atoms with Gasteiger partial charge in [0.1, 0.15) is 6.20 Å². The van der Waals surface area contributed by atoms with E-state index in [9.17, 15) is 14.9 Å². The normalized spacial score (nSPS) is 34.6. The maximum absolute atomic E-state index is 12.7. The second-order valence-electron chi connectivity index (χ2n) is 7.63. The van der Waals surface area contributed by atoms with E-state index in [1.54, 1.807) is 0 Å². The van der Waals surface area contributed by atoms with Crippen LogP contribution in [0, 0.1) is 27.9 Å². The van der Waals surface area contributed by atoms with Gasteiger partial charge < -0.3 is 5.32 Å². The van der Waals surface area contributed by atoms with Gasteiger partial charge in [-0.2, -0.15) is 5.10 Å². The average molecular weight is 318 g/mol. The standard InChI is InChI=1S/C16H22N4O3/c1-2-19-9-13(20(22)23)14(18-19)15(21)17-16-6-10-3-11(7-16)5-12(4-10)8-16/h9-12H,2-8H2,1H3,(H,17,21). The van der Waals surface area contributed by atoms with Crippen LogP contribution in [0.4, 0.5) is 5.69 Å². The van der Waals surface area contributed by atoms with Crippen LogP contribution in [0.5, 0.6) is 0 Å². The summed E-state index contributed by atoms with van der Waals surface area (Å²) in [5.74, 6) is 1.75. The van der Waals surface area contributed by atoms with Crippen molar-refractivity contribution in [3.8, 4) is 0 Å². The van der Waals surface area contributed by atoms with E-state index in [1.165, 1.54) is 30.1 Å². The molecule has 1 N–H and O–H groups in total. The van der Waals surface area contributed by atoms with Gasteiger partial charge in [-0.15, -0.1) is 0 Å². The van der Waals surface area contributed by atoms with Crippen molar-refractivity contribution in [2.45, 2.75) is 57.5 Å². The molecule has 4 saturated carbocycles. The zero-order valence-corrected chi connectivity index (χ0v) is 13.3. The van der Waals surface area contributed by atoms with Crippen molar-refractivity contribution in [2.24, 2.45) is 17.8 Å². The summed E-state index contributed by atoms with van der Waals surface area (Å²) in [5.41, 5.74) is -0.405. The van der Waals surface area contributed by atoms with Crippen molar-refractivity contribution in [3.63, 3.8) is 0 Å². The fourth-order valence-electron chi connectivity index (χ4n) is 5.43. The van der Waals surface area contributed by atoms with E-state index in [0.29, 0.717) is 24.3 Å². The minimum absolute atomic E-state index is 0.0485. The van der Waals surface area contributed by atoms with Crippen LogP contribution in [0.15, 0.2) is 6.20 Å². The molecule has 0 unspecified atom stereocenters. The Hall–Kier alpha value is -1.92. The Morgan fingerprint density at radius 1 is 1.35 bits per heavy atom. The van der Waals surface area contributed by atoms with Crippen molar-refractivity contribution >= 4 is 11.6 Å². The SMILES string of the molecule is CCn1cc([N+](=O)[O-])c(C(=O)NC23CC4CC(CC(C4)C2)C3)n1. The van der Waals surface area contributed by atoms with E-state index >= 15 is 0 Å². The molecular formula is C16H22N4O3. The summed E-state index contributed by atoms with van der Waals surface area (Å²) in [6.45, 7) is 2.35. The number of amides is 1. The number of nitrogens with zero attached hydrogens (tertiary/aromatic N) is 3. The highest BCUT2D eigenvalue weighted by Crippen LogP contribution is 2.55. The number of carbonyl (C=O) groups excluding carboxylic acids is 1. The molecule has 4 fully saturated rings. The van der Waals surface area contributed by atoms with Crippen LogP contribution in [0.3, 0.4) is 0 Å². The number of hydrogen-bond acceptors (Lipinski definition) is 4. The van der Waals surface area contributed by atoms with E-state index in [0.717, 1.165) is 19.3 Å². The molecule has 0 spiro atoms. The molecule has 1 aromatic heterocycles. The number of aromatic nitrogens is 2. The first-order chi connectivity index (χ1) is 11.0. The Labute approximate surface area is 134 Å². The summed E-state index contributed by atoms with van der Waals surface area (Å²) in [5, 5.41) is 18.5. The Balaban J connectivity index is 1.59. The van der Waals surface area contributed by atoms with Gasteiger partial charge in [0.25, 0.3) is 5.91 Å². The Morgan fingerprint density at radius 2 is 1.91 bits per heavy atom. The fourth-order valence-corrected chi connectivity index (χ4v) is 5.43. The van der Waals surface area contributed by atoms with E-state index in [1.807, 2.05) is 6.92 Å². The Morgan fingerprint density at radius 3 is 2.39 bits per heavy atom. The highest BCUT2D eigenvalue weighted by atomic mass is 16.6. The molecule has 23 heavy (non-hydrogen) atoms. The number of nitro groups is 1. The summed E-state index contributed by atoms with van der Waals surface area (Å²) in [7, 11) is 0. The molecule has 7 heteroatoms. The summed E-state index contributed by atoms with van der Waals surface area (Å²) in [6, 6.07) is 0. The van der Waals surface area contributed by atoms with Gasteiger partial charge in [0.05, 0.1) is 4.92 Å². The number of carbonyl (C=O) groups is 1. The zero-order chi connectivity index (χ0) is 16.2. The third-order valence-corrected chi connectivity index (χ3v) is 5.90. The number of rotatable bonds is 4. The lowest BCUT2D eigenvalue weighted by Crippen LogP contribution is -2.59. The molecule has 4 aliphatic rings. The molecule has 4 bridgehead atoms. The van der Waals surface area contributed by atoms with Gasteiger partial charge in [-0.05, 0) is 63.2 Å². The molecule has 0 atom stereocenters. The maximum atomic E-state index is 12.7. The fraction of sp³-hybridized carbons (Fsp3) is 0.750. The van der Waals surface area contributed by atoms with Crippen molar-refractivity contribution < 1.29 is 9.72 Å². The first kappa shape index (κ1) is 14.7. The molecule has 1 heterocycles. The van der Waals surface area contributed by atoms with Crippen molar-refractivity contribution in [1.29, 1.82) is 0 Å². The predicted octanol–water partition coefficient (Wildman–Crippen LogP) is 2.51. The van der Waals surface area contributed by atoms with Crippen LogP contribution < -0.4 is 5.32 Å². The van der Waals surface area contributed by atoms with Gasteiger partial charge in [-0.1, -0.05) is 0 Å². The summed E-state index contributed by atoms with van der Waals surface area (Å²) >= 11 is 0. The molecule has 0 aliphatic heterocycles. The van der Waals surface area contributed by atoms with E-state index in [4.69, 9.17) is 0 Å². The van der Waals surface area contributed by atoms with Gasteiger partial charge >= 0.3 is 5.69 Å². The molecule has 7 nitrogen and oxygen atoms in total. The molecule has 1 amide bonds. The van der Waals surface area contributed by atoms with E-state index in [-0.39, 0.29) is 22.8 Å². The largest absolute Gasteiger partial charge is 0.345 e. The summed E-state index contributed by atoms with van der Waals surface area (Å²) in [4.78, 5) is 23.4. The lowest BCUT2D eigenvalue weighted by Gasteiger charge is -2.56. The molecule has 0 saturated heterocycles. The summed E-state index contributed by atoms with van der Waals surface area (Å²) < 4.78 is 1.45. The smallest absolute Gasteiger partial charge is 0.320 e. The van der Waals surface area contributed by atoms with Crippen molar-refractivity contribution in [3.05, 3.63) is 22.0 Å². The highest BCUT2D eigenvalue weighted by molar-refractivity contribution is 5.96. The van der Waals surface area contributed by atoms with Crippen LogP contribution >= 0.6 is 0 Å². The molecular weight excluding hydrogens is 296 g/mol. The highest BCUT2D eigenvalue weighted by Gasteiger charge is 2.52. The quantitative estimate of drug-likeness (QED) is 0.682. The Bertz CT molecular complexity index is 631. The molecule has 0 radical (unpaired) electrons. The van der Waals surface area contributed by atoms with Crippen LogP contribution in [0.25, 0.3) is 0 Å². The van der Waals surface area contributed by atoms with Gasteiger partial charge in [-0.3, -0.25) is 19.6 Å². The third-order valence-electron chi connectivity index (χ3n) is 5.90. The number of hydrogen-bond donors (Lipinski definition) is 1. The molecule has 124 valence electrons. The minimum atomic E-state index is -0.520. The average Bonchev–Trinajstić information content (AvgIpc) is 2.89. The van der Waals surface area contributed by atoms with Crippen LogP contribution in [-0.2, 0) is 6.54 Å². The lowest BCUT2D eigenvalue weighted by molar-refractivity contribution is -0.385. The van der Waals surface area contributed by atoms with Gasteiger partial charge in [0, 0.05) is 12.1 Å². The first-order valence-corrected chi connectivity index (χ1v) is 8.52. The Kier molecular flexibility index (Phi) is 3.21. The second-order valence-corrected chi connectivity index (χ2v) is 7.63. The van der Waals surface area contributed by atoms with E-state index < -0.39 is 4.92 Å². The monoisotopic (exact) mass is 318 g/mol. The van der Waals surface area contributed by atoms with Gasteiger partial charge in [0.15, 0.2) is 0 Å². The van der Waals surface area contributed by atoms with Crippen LogP contribution in [-0.4, -0.2) is 26.1 Å². The topological polar surface area (TPSA) is 90.1 Å². The van der Waals surface area contributed by atoms with Crippen LogP contribution in [0.1, 0.15) is 55.9 Å². The van der Waals surface area contributed by atoms with Crippen molar-refractivity contribution in [2.75, 3.05) is 0 Å². The van der Waals surface area contributed by atoms with Gasteiger partial charge in [-0.25, -0.2) is 0 Å². The second kappa shape index (κ2) is 5.04. The maximum Gasteiger partial charge on any atom is 0.320 e. The molecule has 4 aliphatic carbocycles. The molecule has 0 aromatic carbocycles. The molecule has 5 rings (SSSR count). The summed E-state index contributed by atoms with van der Waals surface area (Å²) in [6.07, 6.45) is 8.28. The van der Waals surface area contributed by atoms with Gasteiger partial charge in [0.2, 0.25) is 5.69 Å². The number of nitrogens with one attached hydrogen (secondary N) is 1. The lowest BCUT2D eigenvalue weighted by atomic mass is 9.53.